The third kappa shape index (κ3) is 3.96. The van der Waals surface area contributed by atoms with Crippen molar-refractivity contribution in [2.75, 3.05) is 12.4 Å². The number of rotatable bonds is 5. The average Bonchev–Trinajstić information content (AvgIpc) is 3.12. The maximum Gasteiger partial charge on any atom is 0.229 e. The summed E-state index contributed by atoms with van der Waals surface area (Å²) in [6.07, 6.45) is 5.50. The van der Waals surface area contributed by atoms with Crippen LogP contribution < -0.4 is 10.1 Å². The zero-order valence-corrected chi connectivity index (χ0v) is 16.6. The number of hydrogen-bond acceptors (Lipinski definition) is 4. The first-order valence-electron chi connectivity index (χ1n) is 9.37. The number of methoxy groups -OCH3 is 1. The molecule has 6 nitrogen and oxygen atoms in total. The summed E-state index contributed by atoms with van der Waals surface area (Å²) >= 11 is 0. The predicted octanol–water partition coefficient (Wildman–Crippen LogP) is 4.20. The Hall–Kier alpha value is -3.67. The van der Waals surface area contributed by atoms with Gasteiger partial charge in [-0.2, -0.15) is 0 Å². The van der Waals surface area contributed by atoms with Crippen molar-refractivity contribution in [2.24, 2.45) is 0 Å². The number of carbonyl (C=O) groups excluding carboxylic acids is 1. The van der Waals surface area contributed by atoms with Gasteiger partial charge in [-0.25, -0.2) is 4.98 Å². The Bertz CT molecular complexity index is 1200. The van der Waals surface area contributed by atoms with E-state index in [1.807, 2.05) is 34.9 Å². The molecule has 6 heteroatoms. The van der Waals surface area contributed by atoms with Gasteiger partial charge >= 0.3 is 0 Å². The molecular formula is C23H22N4O2. The normalized spacial score (nSPS) is 10.9. The maximum absolute atomic E-state index is 12.6. The number of carbonyl (C=O) groups is 1. The van der Waals surface area contributed by atoms with Gasteiger partial charge in [0.15, 0.2) is 5.65 Å². The van der Waals surface area contributed by atoms with Gasteiger partial charge in [0.05, 0.1) is 31.6 Å². The number of ether oxygens (including phenoxy) is 1. The maximum atomic E-state index is 12.6. The second kappa shape index (κ2) is 7.75. The summed E-state index contributed by atoms with van der Waals surface area (Å²) in [5.74, 6) is 1.22. The van der Waals surface area contributed by atoms with E-state index in [4.69, 9.17) is 4.74 Å². The lowest BCUT2D eigenvalue weighted by Gasteiger charge is -2.08. The van der Waals surface area contributed by atoms with Crippen molar-refractivity contribution >= 4 is 17.4 Å². The Kier molecular flexibility index (Phi) is 4.99. The van der Waals surface area contributed by atoms with E-state index in [0.29, 0.717) is 11.5 Å². The number of aromatic nitrogens is 3. The summed E-state index contributed by atoms with van der Waals surface area (Å²) in [7, 11) is 1.61. The molecule has 0 bridgehead atoms. The fourth-order valence-electron chi connectivity index (χ4n) is 3.19. The molecular weight excluding hydrogens is 364 g/mol. The molecule has 29 heavy (non-hydrogen) atoms. The zero-order chi connectivity index (χ0) is 20.4. The van der Waals surface area contributed by atoms with Gasteiger partial charge in [0.2, 0.25) is 5.91 Å². The molecule has 2 heterocycles. The summed E-state index contributed by atoms with van der Waals surface area (Å²) in [4.78, 5) is 21.4. The molecule has 0 saturated heterocycles. The average molecular weight is 386 g/mol. The first-order chi connectivity index (χ1) is 14.0. The molecule has 0 unspecified atom stereocenters. The van der Waals surface area contributed by atoms with Crippen molar-refractivity contribution in [1.29, 1.82) is 0 Å². The van der Waals surface area contributed by atoms with Gasteiger partial charge in [-0.1, -0.05) is 24.3 Å². The fourth-order valence-corrected chi connectivity index (χ4v) is 3.19. The number of fused-ring (bicyclic) bond motifs is 1. The first-order valence-corrected chi connectivity index (χ1v) is 9.37. The van der Waals surface area contributed by atoms with Crippen LogP contribution in [0, 0.1) is 13.8 Å². The molecule has 0 saturated carbocycles. The molecule has 4 rings (SSSR count). The van der Waals surface area contributed by atoms with Crippen LogP contribution in [0.2, 0.25) is 0 Å². The number of imidazole rings is 1. The lowest BCUT2D eigenvalue weighted by Crippen LogP contribution is -2.15. The van der Waals surface area contributed by atoms with Crippen LogP contribution in [0.15, 0.2) is 61.1 Å². The number of nitrogens with one attached hydrogen (secondary N) is 1. The van der Waals surface area contributed by atoms with E-state index in [-0.39, 0.29) is 12.3 Å². The third-order valence-corrected chi connectivity index (χ3v) is 4.96. The minimum atomic E-state index is -0.121. The van der Waals surface area contributed by atoms with Gasteiger partial charge in [0, 0.05) is 11.8 Å². The highest BCUT2D eigenvalue weighted by atomic mass is 16.5. The molecule has 2 aromatic carbocycles. The van der Waals surface area contributed by atoms with Crippen LogP contribution in [-0.4, -0.2) is 27.4 Å². The summed E-state index contributed by atoms with van der Waals surface area (Å²) in [5, 5.41) is 2.94. The minimum Gasteiger partial charge on any atom is -0.497 e. The van der Waals surface area contributed by atoms with Gasteiger partial charge in [-0.15, -0.1) is 0 Å². The van der Waals surface area contributed by atoms with Crippen LogP contribution in [0.25, 0.3) is 16.9 Å². The second-order valence-corrected chi connectivity index (χ2v) is 7.02. The van der Waals surface area contributed by atoms with Gasteiger partial charge in [-0.3, -0.25) is 14.2 Å². The second-order valence-electron chi connectivity index (χ2n) is 7.02. The van der Waals surface area contributed by atoms with E-state index in [9.17, 15) is 4.79 Å². The van der Waals surface area contributed by atoms with Crippen LogP contribution in [0.1, 0.15) is 16.7 Å². The molecule has 0 spiro atoms. The SMILES string of the molecule is COc1cccc(CC(=O)Nc2cnc3cnc(-c4ccc(C)c(C)c4)cn23)c1. The summed E-state index contributed by atoms with van der Waals surface area (Å²) in [5.41, 5.74) is 5.85. The van der Waals surface area contributed by atoms with Crippen molar-refractivity contribution in [3.8, 4) is 17.0 Å². The van der Waals surface area contributed by atoms with Crippen LogP contribution in [-0.2, 0) is 11.2 Å². The lowest BCUT2D eigenvalue weighted by molar-refractivity contribution is -0.115. The number of nitrogens with zero attached hydrogens (tertiary/aromatic N) is 3. The van der Waals surface area contributed by atoms with Crippen molar-refractivity contribution < 1.29 is 9.53 Å². The van der Waals surface area contributed by atoms with E-state index >= 15 is 0 Å². The largest absolute Gasteiger partial charge is 0.497 e. The molecule has 146 valence electrons. The molecule has 0 aliphatic carbocycles. The lowest BCUT2D eigenvalue weighted by atomic mass is 10.0. The Morgan fingerprint density at radius 3 is 2.72 bits per heavy atom. The predicted molar refractivity (Wildman–Crippen MR) is 113 cm³/mol. The van der Waals surface area contributed by atoms with Gasteiger partial charge < -0.3 is 10.1 Å². The first kappa shape index (κ1) is 18.7. The van der Waals surface area contributed by atoms with Crippen molar-refractivity contribution in [3.63, 3.8) is 0 Å². The standard InChI is InChI=1S/C23H22N4O2/c1-15-7-8-18(9-16(15)2)20-14-27-21(12-24-20)25-13-22(27)26-23(28)11-17-5-4-6-19(10-17)29-3/h4-10,12-14H,11H2,1-3H3,(H,26,28). The number of benzene rings is 2. The summed E-state index contributed by atoms with van der Waals surface area (Å²) < 4.78 is 7.07. The van der Waals surface area contributed by atoms with Gasteiger partial charge in [0.1, 0.15) is 11.6 Å². The third-order valence-electron chi connectivity index (χ3n) is 4.96. The Labute approximate surface area is 169 Å². The smallest absolute Gasteiger partial charge is 0.229 e. The Morgan fingerprint density at radius 2 is 1.93 bits per heavy atom. The van der Waals surface area contributed by atoms with Gasteiger partial charge in [-0.05, 0) is 48.7 Å². The van der Waals surface area contributed by atoms with Crippen LogP contribution >= 0.6 is 0 Å². The Balaban J connectivity index is 1.58. The highest BCUT2D eigenvalue weighted by Gasteiger charge is 2.11. The van der Waals surface area contributed by atoms with Gasteiger partial charge in [0.25, 0.3) is 0 Å². The highest BCUT2D eigenvalue weighted by molar-refractivity contribution is 5.92. The van der Waals surface area contributed by atoms with Crippen LogP contribution in [0.5, 0.6) is 5.75 Å². The Morgan fingerprint density at radius 1 is 1.07 bits per heavy atom. The summed E-state index contributed by atoms with van der Waals surface area (Å²) in [6.45, 7) is 4.17. The highest BCUT2D eigenvalue weighted by Crippen LogP contribution is 2.22. The number of anilines is 1. The van der Waals surface area contributed by atoms with Crippen LogP contribution in [0.4, 0.5) is 5.82 Å². The van der Waals surface area contributed by atoms with Crippen molar-refractivity contribution in [3.05, 3.63) is 77.7 Å². The summed E-state index contributed by atoms with van der Waals surface area (Å²) in [6, 6.07) is 13.7. The van der Waals surface area contributed by atoms with E-state index in [1.165, 1.54) is 11.1 Å². The molecule has 0 radical (unpaired) electrons. The molecule has 1 N–H and O–H groups in total. The minimum absolute atomic E-state index is 0.121. The van der Waals surface area contributed by atoms with E-state index in [0.717, 1.165) is 22.6 Å². The molecule has 0 atom stereocenters. The quantitative estimate of drug-likeness (QED) is 0.558. The van der Waals surface area contributed by atoms with E-state index < -0.39 is 0 Å². The van der Waals surface area contributed by atoms with Crippen molar-refractivity contribution in [1.82, 2.24) is 14.4 Å². The number of amides is 1. The zero-order valence-electron chi connectivity index (χ0n) is 16.6. The van der Waals surface area contributed by atoms with Crippen molar-refractivity contribution in [2.45, 2.75) is 20.3 Å². The molecule has 0 aliphatic rings. The van der Waals surface area contributed by atoms with E-state index in [2.05, 4.69) is 47.3 Å². The van der Waals surface area contributed by atoms with Crippen LogP contribution in [0.3, 0.4) is 0 Å². The number of hydrogen-bond donors (Lipinski definition) is 1. The fraction of sp³-hybridized carbons (Fsp3) is 0.174. The van der Waals surface area contributed by atoms with E-state index in [1.54, 1.807) is 19.5 Å². The molecule has 0 fully saturated rings. The monoisotopic (exact) mass is 386 g/mol. The number of aryl methyl sites for hydroxylation is 2. The molecule has 1 amide bonds. The molecule has 2 aromatic heterocycles. The molecule has 4 aromatic rings. The topological polar surface area (TPSA) is 68.5 Å². The molecule has 0 aliphatic heterocycles.